The van der Waals surface area contributed by atoms with Gasteiger partial charge in [-0.05, 0) is 55.0 Å². The van der Waals surface area contributed by atoms with Crippen LogP contribution in [0.4, 0.5) is 0 Å². The molecule has 2 aromatic carbocycles. The molecular formula is C24H22N6O. The van der Waals surface area contributed by atoms with E-state index in [-0.39, 0.29) is 17.2 Å². The zero-order valence-electron chi connectivity index (χ0n) is 17.1. The Morgan fingerprint density at radius 2 is 1.94 bits per heavy atom. The van der Waals surface area contributed by atoms with Crippen molar-refractivity contribution in [2.45, 2.75) is 13.3 Å². The van der Waals surface area contributed by atoms with Gasteiger partial charge in [0, 0.05) is 35.7 Å². The van der Waals surface area contributed by atoms with Crippen molar-refractivity contribution in [3.8, 4) is 11.3 Å². The summed E-state index contributed by atoms with van der Waals surface area (Å²) in [6.07, 6.45) is 2.08. The van der Waals surface area contributed by atoms with E-state index in [1.54, 1.807) is 36.5 Å². The van der Waals surface area contributed by atoms with Crippen LogP contribution in [0.3, 0.4) is 0 Å². The highest BCUT2D eigenvalue weighted by Crippen LogP contribution is 2.18. The maximum atomic E-state index is 12.1. The fourth-order valence-corrected chi connectivity index (χ4v) is 3.37. The number of amides is 1. The van der Waals surface area contributed by atoms with Gasteiger partial charge in [0.25, 0.3) is 5.91 Å². The maximum Gasteiger partial charge on any atom is 0.251 e. The van der Waals surface area contributed by atoms with Gasteiger partial charge in [0.05, 0.1) is 11.2 Å². The quantitative estimate of drug-likeness (QED) is 0.347. The summed E-state index contributed by atoms with van der Waals surface area (Å²) in [5.41, 5.74) is 3.86. The standard InChI is InChI=1S/C24H22N6O/c1-2-27-24(31)19-6-3-5-18(15-19)21-10-11-22(25)30(29-21)23(26)14-16-8-9-20-17(13-16)7-4-12-28-20/h3-13,15,25-26H,2,14H2,1H3,(H,27,31). The Balaban J connectivity index is 1.63. The maximum absolute atomic E-state index is 12.1. The summed E-state index contributed by atoms with van der Waals surface area (Å²) >= 11 is 0. The number of rotatable bonds is 5. The van der Waals surface area contributed by atoms with Crippen molar-refractivity contribution in [3.05, 3.63) is 89.5 Å². The molecule has 4 rings (SSSR count). The number of pyridine rings is 1. The second-order valence-corrected chi connectivity index (χ2v) is 7.11. The lowest BCUT2D eigenvalue weighted by molar-refractivity contribution is 0.0956. The number of nitrogens with zero attached hydrogens (tertiary/aromatic N) is 3. The monoisotopic (exact) mass is 410 g/mol. The van der Waals surface area contributed by atoms with Gasteiger partial charge in [0.15, 0.2) is 0 Å². The second kappa shape index (κ2) is 8.71. The van der Waals surface area contributed by atoms with E-state index in [0.717, 1.165) is 22.0 Å². The van der Waals surface area contributed by atoms with Crippen LogP contribution in [-0.4, -0.2) is 33.1 Å². The summed E-state index contributed by atoms with van der Waals surface area (Å²) in [5, 5.41) is 25.1. The molecular weight excluding hydrogens is 388 g/mol. The normalized spacial score (nSPS) is 10.7. The fourth-order valence-electron chi connectivity index (χ4n) is 3.37. The van der Waals surface area contributed by atoms with Crippen molar-refractivity contribution in [2.75, 3.05) is 6.54 Å². The summed E-state index contributed by atoms with van der Waals surface area (Å²) < 4.78 is 1.32. The van der Waals surface area contributed by atoms with Gasteiger partial charge in [0.2, 0.25) is 0 Å². The number of carbonyl (C=O) groups is 1. The third kappa shape index (κ3) is 4.40. The highest BCUT2D eigenvalue weighted by molar-refractivity contribution is 5.95. The minimum atomic E-state index is -0.145. The molecule has 2 aromatic heterocycles. The average Bonchev–Trinajstić information content (AvgIpc) is 2.79. The molecule has 1 amide bonds. The van der Waals surface area contributed by atoms with Crippen molar-refractivity contribution in [1.29, 1.82) is 10.8 Å². The minimum absolute atomic E-state index is 0.121. The van der Waals surface area contributed by atoms with Crippen LogP contribution in [-0.2, 0) is 6.42 Å². The summed E-state index contributed by atoms with van der Waals surface area (Å²) in [6, 6.07) is 20.3. The van der Waals surface area contributed by atoms with E-state index in [9.17, 15) is 4.79 Å². The van der Waals surface area contributed by atoms with Crippen molar-refractivity contribution in [2.24, 2.45) is 0 Å². The van der Waals surface area contributed by atoms with E-state index < -0.39 is 0 Å². The zero-order valence-corrected chi connectivity index (χ0v) is 17.1. The van der Waals surface area contributed by atoms with Gasteiger partial charge in [-0.2, -0.15) is 5.10 Å². The van der Waals surface area contributed by atoms with Crippen LogP contribution >= 0.6 is 0 Å². The smallest absolute Gasteiger partial charge is 0.251 e. The second-order valence-electron chi connectivity index (χ2n) is 7.11. The Bertz CT molecular complexity index is 1340. The Labute approximate surface area is 179 Å². The highest BCUT2D eigenvalue weighted by atomic mass is 16.1. The van der Waals surface area contributed by atoms with Crippen molar-refractivity contribution < 1.29 is 4.79 Å². The van der Waals surface area contributed by atoms with Crippen LogP contribution in [0.5, 0.6) is 0 Å². The molecule has 0 aliphatic rings. The van der Waals surface area contributed by atoms with Crippen molar-refractivity contribution in [3.63, 3.8) is 0 Å². The van der Waals surface area contributed by atoms with E-state index >= 15 is 0 Å². The fraction of sp³-hybridized carbons (Fsp3) is 0.125. The Kier molecular flexibility index (Phi) is 5.66. The van der Waals surface area contributed by atoms with E-state index in [1.807, 2.05) is 43.3 Å². The Morgan fingerprint density at radius 3 is 2.77 bits per heavy atom. The van der Waals surface area contributed by atoms with Gasteiger partial charge in [-0.1, -0.05) is 24.3 Å². The zero-order chi connectivity index (χ0) is 21.8. The molecule has 0 radical (unpaired) electrons. The summed E-state index contributed by atoms with van der Waals surface area (Å²) in [7, 11) is 0. The van der Waals surface area contributed by atoms with E-state index in [4.69, 9.17) is 10.8 Å². The predicted molar refractivity (Wildman–Crippen MR) is 120 cm³/mol. The first-order chi connectivity index (χ1) is 15.0. The highest BCUT2D eigenvalue weighted by Gasteiger charge is 2.10. The van der Waals surface area contributed by atoms with Gasteiger partial charge < -0.3 is 5.32 Å². The molecule has 0 saturated heterocycles. The molecule has 0 saturated carbocycles. The largest absolute Gasteiger partial charge is 0.352 e. The van der Waals surface area contributed by atoms with Crippen LogP contribution in [0.25, 0.3) is 22.2 Å². The van der Waals surface area contributed by atoms with Crippen LogP contribution in [0, 0.1) is 10.8 Å². The number of hydrogen-bond donors (Lipinski definition) is 3. The number of benzene rings is 2. The summed E-state index contributed by atoms with van der Waals surface area (Å²) in [6.45, 7) is 2.42. The lowest BCUT2D eigenvalue weighted by atomic mass is 10.1. The number of fused-ring (bicyclic) bond motifs is 1. The molecule has 31 heavy (non-hydrogen) atoms. The average molecular weight is 410 g/mol. The lowest BCUT2D eigenvalue weighted by Gasteiger charge is -2.11. The minimum Gasteiger partial charge on any atom is -0.352 e. The molecule has 0 unspecified atom stereocenters. The molecule has 0 aliphatic heterocycles. The molecule has 7 nitrogen and oxygen atoms in total. The molecule has 0 aliphatic carbocycles. The first-order valence-electron chi connectivity index (χ1n) is 10.00. The van der Waals surface area contributed by atoms with Crippen LogP contribution in [0.1, 0.15) is 22.8 Å². The van der Waals surface area contributed by atoms with Crippen molar-refractivity contribution >= 4 is 22.6 Å². The molecule has 3 N–H and O–H groups in total. The van der Waals surface area contributed by atoms with E-state index in [2.05, 4.69) is 15.4 Å². The molecule has 0 fully saturated rings. The lowest BCUT2D eigenvalue weighted by Crippen LogP contribution is -2.30. The van der Waals surface area contributed by atoms with Crippen LogP contribution in [0.15, 0.2) is 72.9 Å². The topological polar surface area (TPSA) is 108 Å². The summed E-state index contributed by atoms with van der Waals surface area (Å²) in [5.74, 6) is 0.0443. The third-order valence-electron chi connectivity index (χ3n) is 4.89. The number of nitrogens with one attached hydrogen (secondary N) is 3. The summed E-state index contributed by atoms with van der Waals surface area (Å²) in [4.78, 5) is 16.5. The molecule has 4 aromatic rings. The molecule has 0 atom stereocenters. The molecule has 0 spiro atoms. The number of carbonyl (C=O) groups excluding carboxylic acids is 1. The molecule has 0 bridgehead atoms. The van der Waals surface area contributed by atoms with Crippen LogP contribution in [0.2, 0.25) is 0 Å². The van der Waals surface area contributed by atoms with Gasteiger partial charge in [-0.3, -0.25) is 20.6 Å². The van der Waals surface area contributed by atoms with Gasteiger partial charge >= 0.3 is 0 Å². The van der Waals surface area contributed by atoms with Gasteiger partial charge in [-0.25, -0.2) is 4.68 Å². The van der Waals surface area contributed by atoms with E-state index in [0.29, 0.717) is 24.2 Å². The first kappa shape index (κ1) is 20.2. The number of hydrogen-bond acceptors (Lipinski definition) is 5. The SMILES string of the molecule is CCNC(=O)c1cccc(-c2ccc(=N)n(C(=N)Cc3ccc4ncccc4c3)n2)c1. The third-order valence-corrected chi connectivity index (χ3v) is 4.89. The van der Waals surface area contributed by atoms with Crippen molar-refractivity contribution in [1.82, 2.24) is 20.1 Å². The predicted octanol–water partition coefficient (Wildman–Crippen LogP) is 3.40. The van der Waals surface area contributed by atoms with E-state index in [1.165, 1.54) is 4.68 Å². The van der Waals surface area contributed by atoms with Crippen LogP contribution < -0.4 is 10.8 Å². The molecule has 2 heterocycles. The number of aromatic nitrogens is 3. The Morgan fingerprint density at radius 1 is 1.06 bits per heavy atom. The Hall–Kier alpha value is -4.13. The van der Waals surface area contributed by atoms with Gasteiger partial charge in [0.1, 0.15) is 11.3 Å². The molecule has 7 heteroatoms. The van der Waals surface area contributed by atoms with Gasteiger partial charge in [-0.15, -0.1) is 0 Å². The molecule has 154 valence electrons. The first-order valence-corrected chi connectivity index (χ1v) is 10.00.